The number of carbonyl (C=O) groups is 1. The molecule has 19 heavy (non-hydrogen) atoms. The van der Waals surface area contributed by atoms with E-state index in [0.717, 1.165) is 18.4 Å². The minimum atomic E-state index is -0.843. The SMILES string of the molecule is N[C@H](CC(=O)O)Cc1ccc(CC2=CCC=C2)cc1. The lowest BCUT2D eigenvalue weighted by Gasteiger charge is -2.09. The second kappa shape index (κ2) is 6.34. The smallest absolute Gasteiger partial charge is 0.304 e. The fourth-order valence-electron chi connectivity index (χ4n) is 2.27. The van der Waals surface area contributed by atoms with Crippen molar-refractivity contribution in [3.63, 3.8) is 0 Å². The van der Waals surface area contributed by atoms with E-state index in [4.69, 9.17) is 10.8 Å². The first-order valence-electron chi connectivity index (χ1n) is 6.54. The van der Waals surface area contributed by atoms with Crippen molar-refractivity contribution in [2.24, 2.45) is 5.73 Å². The van der Waals surface area contributed by atoms with Gasteiger partial charge in [-0.1, -0.05) is 42.5 Å². The van der Waals surface area contributed by atoms with E-state index in [2.05, 4.69) is 30.4 Å². The third kappa shape index (κ3) is 4.38. The van der Waals surface area contributed by atoms with Crippen molar-refractivity contribution in [2.75, 3.05) is 0 Å². The van der Waals surface area contributed by atoms with Gasteiger partial charge in [0.1, 0.15) is 0 Å². The molecule has 0 saturated carbocycles. The van der Waals surface area contributed by atoms with Crippen molar-refractivity contribution in [1.29, 1.82) is 0 Å². The molecule has 1 aliphatic carbocycles. The van der Waals surface area contributed by atoms with Gasteiger partial charge in [-0.15, -0.1) is 0 Å². The van der Waals surface area contributed by atoms with Crippen molar-refractivity contribution in [3.05, 3.63) is 59.2 Å². The highest BCUT2D eigenvalue weighted by molar-refractivity contribution is 5.67. The standard InChI is InChI=1S/C16H19NO2/c17-15(11-16(18)19)10-14-7-5-13(6-8-14)9-12-3-1-2-4-12/h1,3-8,15H,2,9-11,17H2,(H,18,19)/t15-/m0/s1. The Balaban J connectivity index is 1.90. The maximum Gasteiger partial charge on any atom is 0.304 e. The molecule has 0 spiro atoms. The first-order chi connectivity index (χ1) is 9.13. The molecule has 0 saturated heterocycles. The highest BCUT2D eigenvalue weighted by atomic mass is 16.4. The van der Waals surface area contributed by atoms with E-state index in [1.54, 1.807) is 0 Å². The van der Waals surface area contributed by atoms with Gasteiger partial charge >= 0.3 is 5.97 Å². The lowest BCUT2D eigenvalue weighted by atomic mass is 10.0. The molecule has 1 atom stereocenters. The first-order valence-corrected chi connectivity index (χ1v) is 6.54. The minimum Gasteiger partial charge on any atom is -0.481 e. The molecule has 0 unspecified atom stereocenters. The van der Waals surface area contributed by atoms with Gasteiger partial charge in [-0.25, -0.2) is 0 Å². The highest BCUT2D eigenvalue weighted by Gasteiger charge is 2.09. The molecule has 1 aromatic carbocycles. The zero-order chi connectivity index (χ0) is 13.7. The molecule has 0 aliphatic heterocycles. The van der Waals surface area contributed by atoms with Crippen LogP contribution in [0.15, 0.2) is 48.1 Å². The maximum absolute atomic E-state index is 10.6. The number of benzene rings is 1. The van der Waals surface area contributed by atoms with Gasteiger partial charge in [0.25, 0.3) is 0 Å². The van der Waals surface area contributed by atoms with Crippen molar-refractivity contribution >= 4 is 5.97 Å². The molecule has 0 aromatic heterocycles. The Kier molecular flexibility index (Phi) is 4.53. The normalized spacial score (nSPS) is 15.3. The molecule has 1 aliphatic rings. The Hall–Kier alpha value is -1.87. The Bertz CT molecular complexity index is 500. The lowest BCUT2D eigenvalue weighted by Crippen LogP contribution is -2.26. The van der Waals surface area contributed by atoms with Gasteiger partial charge in [-0.05, 0) is 36.0 Å². The number of nitrogens with two attached hydrogens (primary N) is 1. The zero-order valence-corrected chi connectivity index (χ0v) is 10.9. The Morgan fingerprint density at radius 2 is 1.95 bits per heavy atom. The molecule has 3 N–H and O–H groups in total. The first kappa shape index (κ1) is 13.6. The molecule has 0 heterocycles. The molecule has 2 rings (SSSR count). The van der Waals surface area contributed by atoms with Crippen LogP contribution in [0.3, 0.4) is 0 Å². The molecule has 3 heteroatoms. The monoisotopic (exact) mass is 257 g/mol. The summed E-state index contributed by atoms with van der Waals surface area (Å²) in [4.78, 5) is 10.6. The molecule has 0 bridgehead atoms. The highest BCUT2D eigenvalue weighted by Crippen LogP contribution is 2.16. The molecule has 0 radical (unpaired) electrons. The summed E-state index contributed by atoms with van der Waals surface area (Å²) < 4.78 is 0. The van der Waals surface area contributed by atoms with Crippen LogP contribution in [-0.2, 0) is 17.6 Å². The van der Waals surface area contributed by atoms with Crippen molar-refractivity contribution in [3.8, 4) is 0 Å². The summed E-state index contributed by atoms with van der Waals surface area (Å²) in [5.41, 5.74) is 9.50. The van der Waals surface area contributed by atoms with Crippen molar-refractivity contribution in [1.82, 2.24) is 0 Å². The average Bonchev–Trinajstić information content (AvgIpc) is 2.83. The summed E-state index contributed by atoms with van der Waals surface area (Å²) in [6, 6.07) is 7.95. The fourth-order valence-corrected chi connectivity index (χ4v) is 2.27. The van der Waals surface area contributed by atoms with Crippen LogP contribution >= 0.6 is 0 Å². The Morgan fingerprint density at radius 1 is 1.26 bits per heavy atom. The number of hydrogen-bond acceptors (Lipinski definition) is 2. The van der Waals surface area contributed by atoms with Gasteiger partial charge in [0.2, 0.25) is 0 Å². The third-order valence-electron chi connectivity index (χ3n) is 3.21. The van der Waals surface area contributed by atoms with E-state index in [-0.39, 0.29) is 12.5 Å². The molecule has 0 fully saturated rings. The number of carboxylic acid groups (broad SMARTS) is 1. The number of hydrogen-bond donors (Lipinski definition) is 2. The summed E-state index contributed by atoms with van der Waals surface area (Å²) in [6.07, 6.45) is 9.17. The fraction of sp³-hybridized carbons (Fsp3) is 0.312. The largest absolute Gasteiger partial charge is 0.481 e. The van der Waals surface area contributed by atoms with E-state index >= 15 is 0 Å². The van der Waals surface area contributed by atoms with Gasteiger partial charge in [0, 0.05) is 6.04 Å². The lowest BCUT2D eigenvalue weighted by molar-refractivity contribution is -0.137. The van der Waals surface area contributed by atoms with E-state index in [0.29, 0.717) is 6.42 Å². The molecule has 0 amide bonds. The van der Waals surface area contributed by atoms with Gasteiger partial charge in [-0.3, -0.25) is 4.79 Å². The van der Waals surface area contributed by atoms with Crippen LogP contribution in [0.4, 0.5) is 0 Å². The van der Waals surface area contributed by atoms with Crippen LogP contribution < -0.4 is 5.73 Å². The number of carboxylic acids is 1. The van der Waals surface area contributed by atoms with Crippen LogP contribution in [0, 0.1) is 0 Å². The zero-order valence-electron chi connectivity index (χ0n) is 10.9. The summed E-state index contributed by atoms with van der Waals surface area (Å²) in [5, 5.41) is 8.67. The van der Waals surface area contributed by atoms with Gasteiger partial charge in [-0.2, -0.15) is 0 Å². The summed E-state index contributed by atoms with van der Waals surface area (Å²) in [7, 11) is 0. The third-order valence-corrected chi connectivity index (χ3v) is 3.21. The number of allylic oxidation sites excluding steroid dienone is 4. The predicted molar refractivity (Wildman–Crippen MR) is 75.9 cm³/mol. The number of rotatable bonds is 6. The minimum absolute atomic E-state index is 0.0133. The van der Waals surface area contributed by atoms with Crippen LogP contribution in [0.5, 0.6) is 0 Å². The Morgan fingerprint density at radius 3 is 2.53 bits per heavy atom. The van der Waals surface area contributed by atoms with Crippen LogP contribution in [0.1, 0.15) is 24.0 Å². The van der Waals surface area contributed by atoms with E-state index in [1.807, 2.05) is 12.1 Å². The predicted octanol–water partition coefficient (Wildman–Crippen LogP) is 2.46. The molecular weight excluding hydrogens is 238 g/mol. The summed E-state index contributed by atoms with van der Waals surface area (Å²) in [6.45, 7) is 0. The summed E-state index contributed by atoms with van der Waals surface area (Å²) >= 11 is 0. The molecular formula is C16H19NO2. The van der Waals surface area contributed by atoms with Gasteiger partial charge < -0.3 is 10.8 Å². The maximum atomic E-state index is 10.6. The molecule has 100 valence electrons. The van der Waals surface area contributed by atoms with Crippen molar-refractivity contribution in [2.45, 2.75) is 31.7 Å². The quantitative estimate of drug-likeness (QED) is 0.822. The van der Waals surface area contributed by atoms with Crippen molar-refractivity contribution < 1.29 is 9.90 Å². The van der Waals surface area contributed by atoms with E-state index in [1.165, 1.54) is 11.1 Å². The van der Waals surface area contributed by atoms with Gasteiger partial charge in [0.15, 0.2) is 0 Å². The van der Waals surface area contributed by atoms with Gasteiger partial charge in [0.05, 0.1) is 6.42 Å². The average molecular weight is 257 g/mol. The second-order valence-electron chi connectivity index (χ2n) is 4.97. The second-order valence-corrected chi connectivity index (χ2v) is 4.97. The summed E-state index contributed by atoms with van der Waals surface area (Å²) in [5.74, 6) is -0.843. The van der Waals surface area contributed by atoms with Crippen LogP contribution in [0.25, 0.3) is 0 Å². The van der Waals surface area contributed by atoms with Crippen LogP contribution in [-0.4, -0.2) is 17.1 Å². The Labute approximate surface area is 113 Å². The molecule has 3 nitrogen and oxygen atoms in total. The molecule has 1 aromatic rings. The number of aliphatic carboxylic acids is 1. The van der Waals surface area contributed by atoms with E-state index < -0.39 is 5.97 Å². The van der Waals surface area contributed by atoms with Crippen LogP contribution in [0.2, 0.25) is 0 Å². The van der Waals surface area contributed by atoms with E-state index in [9.17, 15) is 4.79 Å². The topological polar surface area (TPSA) is 63.3 Å².